The largest absolute Gasteiger partial charge is 0.481 e. The molecule has 0 aliphatic carbocycles. The summed E-state index contributed by atoms with van der Waals surface area (Å²) in [6, 6.07) is 0. The van der Waals surface area contributed by atoms with Crippen LogP contribution in [0, 0.1) is 0 Å². The van der Waals surface area contributed by atoms with E-state index in [2.05, 4.69) is 13.8 Å². The number of rotatable bonds is 34. The van der Waals surface area contributed by atoms with E-state index in [1.807, 2.05) is 0 Å². The van der Waals surface area contributed by atoms with Crippen molar-refractivity contribution in [3.05, 3.63) is 0 Å². The monoisotopic (exact) mass is 581 g/mol. The Balaban J connectivity index is 3.61. The number of carbonyl (C=O) groups is 2. The summed E-state index contributed by atoms with van der Waals surface area (Å²) in [6.45, 7) is 4.50. The van der Waals surface area contributed by atoms with E-state index < -0.39 is 5.97 Å². The minimum atomic E-state index is -0.693. The first-order valence-electron chi connectivity index (χ1n) is 18.5. The van der Waals surface area contributed by atoms with Crippen molar-refractivity contribution in [2.75, 3.05) is 0 Å². The van der Waals surface area contributed by atoms with Gasteiger partial charge in [-0.3, -0.25) is 9.59 Å². The lowest BCUT2D eigenvalue weighted by molar-refractivity contribution is -0.150. The number of esters is 1. The molecule has 0 heterocycles. The minimum Gasteiger partial charge on any atom is -0.481 e. The fraction of sp³-hybridized carbons (Fsp3) is 0.946. The summed E-state index contributed by atoms with van der Waals surface area (Å²) >= 11 is 0. The average Bonchev–Trinajstić information content (AvgIpc) is 2.95. The van der Waals surface area contributed by atoms with Crippen LogP contribution in [0.15, 0.2) is 0 Å². The highest BCUT2D eigenvalue weighted by Gasteiger charge is 2.14. The molecule has 0 radical (unpaired) electrons. The van der Waals surface area contributed by atoms with Crippen LogP contribution in [0.4, 0.5) is 0 Å². The molecule has 0 aromatic carbocycles. The molecule has 0 aliphatic heterocycles. The second-order valence-electron chi connectivity index (χ2n) is 12.8. The molecule has 0 aliphatic rings. The maximum absolute atomic E-state index is 12.5. The third kappa shape index (κ3) is 33.3. The highest BCUT2D eigenvalue weighted by Crippen LogP contribution is 2.18. The highest BCUT2D eigenvalue weighted by atomic mass is 16.5. The topological polar surface area (TPSA) is 63.6 Å². The number of aliphatic carboxylic acids is 1. The Labute approximate surface area is 256 Å². The van der Waals surface area contributed by atoms with E-state index >= 15 is 0 Å². The van der Waals surface area contributed by atoms with Gasteiger partial charge in [-0.15, -0.1) is 0 Å². The van der Waals surface area contributed by atoms with E-state index in [9.17, 15) is 9.59 Å². The predicted molar refractivity (Wildman–Crippen MR) is 177 cm³/mol. The van der Waals surface area contributed by atoms with Crippen LogP contribution in [-0.4, -0.2) is 23.1 Å². The van der Waals surface area contributed by atoms with Crippen LogP contribution in [0.25, 0.3) is 0 Å². The van der Waals surface area contributed by atoms with Gasteiger partial charge < -0.3 is 9.84 Å². The van der Waals surface area contributed by atoms with Crippen molar-refractivity contribution in [3.63, 3.8) is 0 Å². The quantitative estimate of drug-likeness (QED) is 0.0607. The van der Waals surface area contributed by atoms with Crippen LogP contribution < -0.4 is 0 Å². The number of hydrogen-bond donors (Lipinski definition) is 1. The summed E-state index contributed by atoms with van der Waals surface area (Å²) in [5.41, 5.74) is 0. The zero-order valence-electron chi connectivity index (χ0n) is 27.9. The molecular formula is C37H72O4. The van der Waals surface area contributed by atoms with Crippen molar-refractivity contribution in [1.82, 2.24) is 0 Å². The first-order chi connectivity index (χ1) is 20.1. The normalized spacial score (nSPS) is 12.0. The average molecular weight is 581 g/mol. The van der Waals surface area contributed by atoms with Crippen LogP contribution in [0.5, 0.6) is 0 Å². The van der Waals surface area contributed by atoms with Gasteiger partial charge in [0.05, 0.1) is 0 Å². The van der Waals surface area contributed by atoms with Gasteiger partial charge in [-0.1, -0.05) is 168 Å². The van der Waals surface area contributed by atoms with E-state index in [0.29, 0.717) is 6.42 Å². The van der Waals surface area contributed by atoms with E-state index in [4.69, 9.17) is 9.84 Å². The van der Waals surface area contributed by atoms with Crippen LogP contribution >= 0.6 is 0 Å². The van der Waals surface area contributed by atoms with Gasteiger partial charge in [0.1, 0.15) is 6.10 Å². The SMILES string of the molecule is CCCCCCCCCCCCCCCCCCCCCC(=O)OC(CCCCC)CCCCCCCCC(=O)O. The number of hydrogen-bond acceptors (Lipinski definition) is 3. The van der Waals surface area contributed by atoms with E-state index in [1.165, 1.54) is 122 Å². The molecule has 1 atom stereocenters. The van der Waals surface area contributed by atoms with Crippen molar-refractivity contribution in [3.8, 4) is 0 Å². The Morgan fingerprint density at radius 1 is 0.439 bits per heavy atom. The molecule has 41 heavy (non-hydrogen) atoms. The van der Waals surface area contributed by atoms with Crippen molar-refractivity contribution in [2.45, 2.75) is 225 Å². The summed E-state index contributed by atoms with van der Waals surface area (Å²) < 4.78 is 5.90. The molecule has 0 saturated heterocycles. The number of unbranched alkanes of at least 4 members (excludes halogenated alkanes) is 25. The fourth-order valence-corrected chi connectivity index (χ4v) is 5.83. The van der Waals surface area contributed by atoms with Gasteiger partial charge >= 0.3 is 11.9 Å². The molecule has 244 valence electrons. The Hall–Kier alpha value is -1.06. The molecule has 1 unspecified atom stereocenters. The first-order valence-corrected chi connectivity index (χ1v) is 18.5. The standard InChI is InChI=1S/C37H72O4/c1-3-5-7-8-9-10-11-12-13-14-15-16-17-18-19-20-21-26-30-34-37(40)41-35(31-27-6-4-2)32-28-24-22-23-25-29-33-36(38)39/h35H,3-34H2,1-2H3,(H,38,39). The fourth-order valence-electron chi connectivity index (χ4n) is 5.83. The van der Waals surface area contributed by atoms with Gasteiger partial charge in [0.25, 0.3) is 0 Å². The zero-order chi connectivity index (χ0) is 30.1. The summed E-state index contributed by atoms with van der Waals surface area (Å²) in [7, 11) is 0. The molecule has 0 amide bonds. The lowest BCUT2D eigenvalue weighted by Gasteiger charge is -2.18. The molecule has 0 spiro atoms. The maximum Gasteiger partial charge on any atom is 0.306 e. The summed E-state index contributed by atoms with van der Waals surface area (Å²) in [5.74, 6) is -0.686. The predicted octanol–water partition coefficient (Wildman–Crippen LogP) is 12.5. The van der Waals surface area contributed by atoms with E-state index in [-0.39, 0.29) is 18.5 Å². The van der Waals surface area contributed by atoms with E-state index in [0.717, 1.165) is 70.6 Å². The second-order valence-corrected chi connectivity index (χ2v) is 12.8. The van der Waals surface area contributed by atoms with Gasteiger partial charge in [-0.2, -0.15) is 0 Å². The Kier molecular flexibility index (Phi) is 32.6. The maximum atomic E-state index is 12.5. The molecule has 0 rings (SSSR count). The summed E-state index contributed by atoms with van der Waals surface area (Å²) in [4.78, 5) is 23.0. The lowest BCUT2D eigenvalue weighted by Crippen LogP contribution is -2.18. The molecule has 0 aromatic heterocycles. The van der Waals surface area contributed by atoms with Crippen molar-refractivity contribution in [2.24, 2.45) is 0 Å². The highest BCUT2D eigenvalue weighted by molar-refractivity contribution is 5.69. The van der Waals surface area contributed by atoms with Crippen molar-refractivity contribution >= 4 is 11.9 Å². The molecule has 4 heteroatoms. The first kappa shape index (κ1) is 39.9. The van der Waals surface area contributed by atoms with Crippen LogP contribution in [-0.2, 0) is 14.3 Å². The molecule has 0 aromatic rings. The van der Waals surface area contributed by atoms with Gasteiger partial charge in [0.2, 0.25) is 0 Å². The van der Waals surface area contributed by atoms with Crippen LogP contribution in [0.3, 0.4) is 0 Å². The van der Waals surface area contributed by atoms with E-state index in [1.54, 1.807) is 0 Å². The third-order valence-electron chi connectivity index (χ3n) is 8.58. The molecule has 0 bridgehead atoms. The zero-order valence-corrected chi connectivity index (χ0v) is 27.9. The Bertz CT molecular complexity index is 547. The van der Waals surface area contributed by atoms with Gasteiger partial charge in [0, 0.05) is 12.8 Å². The number of ether oxygens (including phenoxy) is 1. The molecular weight excluding hydrogens is 508 g/mol. The smallest absolute Gasteiger partial charge is 0.306 e. The van der Waals surface area contributed by atoms with Crippen LogP contribution in [0.2, 0.25) is 0 Å². The van der Waals surface area contributed by atoms with Gasteiger partial charge in [-0.25, -0.2) is 0 Å². The number of carboxylic acids is 1. The van der Waals surface area contributed by atoms with Gasteiger partial charge in [0.15, 0.2) is 0 Å². The minimum absolute atomic E-state index is 0.00661. The Morgan fingerprint density at radius 3 is 1.12 bits per heavy atom. The number of carboxylic acid groups (broad SMARTS) is 1. The third-order valence-corrected chi connectivity index (χ3v) is 8.58. The summed E-state index contributed by atoms with van der Waals surface area (Å²) in [6.07, 6.45) is 38.7. The van der Waals surface area contributed by atoms with Crippen molar-refractivity contribution < 1.29 is 19.4 Å². The lowest BCUT2D eigenvalue weighted by atomic mass is 10.0. The number of carbonyl (C=O) groups excluding carboxylic acids is 1. The van der Waals surface area contributed by atoms with Crippen LogP contribution in [0.1, 0.15) is 219 Å². The molecule has 1 N–H and O–H groups in total. The Morgan fingerprint density at radius 2 is 0.732 bits per heavy atom. The second kappa shape index (κ2) is 33.4. The van der Waals surface area contributed by atoms with Gasteiger partial charge in [-0.05, 0) is 38.5 Å². The molecule has 0 saturated carbocycles. The molecule has 4 nitrogen and oxygen atoms in total. The summed E-state index contributed by atoms with van der Waals surface area (Å²) in [5, 5.41) is 8.72. The van der Waals surface area contributed by atoms with Crippen molar-refractivity contribution in [1.29, 1.82) is 0 Å². The molecule has 0 fully saturated rings.